The molecule has 4 heavy (non-hydrogen) atoms. The third kappa shape index (κ3) is 1.96. The van der Waals surface area contributed by atoms with Crippen molar-refractivity contribution in [3.05, 3.63) is 6.92 Å². The predicted molar refractivity (Wildman–Crippen MR) is 17.2 cm³/mol. The van der Waals surface area contributed by atoms with E-state index in [1.54, 1.807) is 0 Å². The zero-order valence-electron chi connectivity index (χ0n) is 5.32. The van der Waals surface area contributed by atoms with Gasteiger partial charge in [0.2, 0.25) is 0 Å². The number of ether oxygens (including phenoxy) is 1. The Morgan fingerprint density at radius 2 is 3.25 bits per heavy atom. The van der Waals surface area contributed by atoms with Gasteiger partial charge in [-0.1, -0.05) is 0 Å². The highest BCUT2D eigenvalue weighted by molar-refractivity contribution is 4.21. The van der Waals surface area contributed by atoms with Crippen LogP contribution in [0.1, 0.15) is 4.11 Å². The van der Waals surface area contributed by atoms with Crippen molar-refractivity contribution in [2.75, 3.05) is 13.6 Å². The Labute approximate surface area is 30.8 Å². The third-order valence-corrected chi connectivity index (χ3v) is 0.102. The zero-order chi connectivity index (χ0) is 5.91. The van der Waals surface area contributed by atoms with Crippen LogP contribution in [0.4, 0.5) is 0 Å². The molecule has 0 saturated carbocycles. The second-order valence-electron chi connectivity index (χ2n) is 0.348. The third-order valence-electron chi connectivity index (χ3n) is 0.102. The number of rotatable bonds is 1. The molecule has 0 spiro atoms. The second kappa shape index (κ2) is 2.96. The van der Waals surface area contributed by atoms with Gasteiger partial charge in [0, 0.05) is 13.6 Å². The Hall–Kier alpha value is -0.0400. The van der Waals surface area contributed by atoms with Gasteiger partial charge in [-0.25, -0.2) is 0 Å². The topological polar surface area (TPSA) is 9.23 Å². The zero-order valence-corrected chi connectivity index (χ0v) is 2.32. The van der Waals surface area contributed by atoms with E-state index < -0.39 is 7.04 Å². The minimum Gasteiger partial charge on any atom is -0.385 e. The summed E-state index contributed by atoms with van der Waals surface area (Å²) in [7, 11) is -2.26. The smallest absolute Gasteiger partial charge is 0.0530 e. The molecule has 1 heteroatoms. The first kappa shape index (κ1) is 0.977. The Balaban J connectivity index is 3.15. The maximum absolute atomic E-state index is 6.40. The van der Waals surface area contributed by atoms with Crippen molar-refractivity contribution in [1.82, 2.24) is 0 Å². The number of hydrogen-bond acceptors (Lipinski definition) is 1. The highest BCUT2D eigenvalue weighted by Gasteiger charge is 1.51. The van der Waals surface area contributed by atoms with Gasteiger partial charge in [0.25, 0.3) is 0 Å². The molecule has 0 bridgehead atoms. The summed E-state index contributed by atoms with van der Waals surface area (Å²) in [5.74, 6) is 0. The van der Waals surface area contributed by atoms with E-state index in [1.807, 2.05) is 0 Å². The molecule has 1 nitrogen and oxygen atoms in total. The molecule has 0 aliphatic rings. The quantitative estimate of drug-likeness (QED) is 0.429. The van der Waals surface area contributed by atoms with E-state index in [0.29, 0.717) is 0 Å². The lowest BCUT2D eigenvalue weighted by molar-refractivity contribution is 0.232. The van der Waals surface area contributed by atoms with Gasteiger partial charge < -0.3 is 4.74 Å². The van der Waals surface area contributed by atoms with Gasteiger partial charge in [0.1, 0.15) is 0 Å². The van der Waals surface area contributed by atoms with Crippen molar-refractivity contribution in [3.63, 3.8) is 0 Å². The highest BCUT2D eigenvalue weighted by Crippen LogP contribution is 1.51. The van der Waals surface area contributed by atoms with Gasteiger partial charge >= 0.3 is 0 Å². The van der Waals surface area contributed by atoms with Crippen LogP contribution >= 0.6 is 0 Å². The van der Waals surface area contributed by atoms with Crippen molar-refractivity contribution in [1.29, 1.82) is 0 Å². The van der Waals surface area contributed by atoms with Crippen molar-refractivity contribution in [2.24, 2.45) is 0 Å². The van der Waals surface area contributed by atoms with Crippen LogP contribution in [-0.2, 0) is 4.74 Å². The van der Waals surface area contributed by atoms with Crippen LogP contribution in [0.5, 0.6) is 0 Å². The fourth-order valence-corrected chi connectivity index (χ4v) is 0. The van der Waals surface area contributed by atoms with Crippen molar-refractivity contribution in [2.45, 2.75) is 0 Å². The molecule has 0 rings (SSSR count). The summed E-state index contributed by atoms with van der Waals surface area (Å²) in [5, 5.41) is 0. The summed E-state index contributed by atoms with van der Waals surface area (Å²) in [6.07, 6.45) is 0. The van der Waals surface area contributed by atoms with Gasteiger partial charge in [0.05, 0.1) is 4.11 Å². The van der Waals surface area contributed by atoms with E-state index in [2.05, 4.69) is 11.7 Å². The van der Waals surface area contributed by atoms with E-state index in [9.17, 15) is 0 Å². The lowest BCUT2D eigenvalue weighted by atomic mass is 10.9. The molecule has 0 aromatic rings. The van der Waals surface area contributed by atoms with E-state index in [0.717, 1.165) is 0 Å². The maximum atomic E-state index is 6.40. The molecule has 0 N–H and O–H groups in total. The standard InChI is InChI=1S/C3H7O/c1-3-4-2/h1,3H2,2H3/i2D3. The molecule has 0 saturated heterocycles. The minimum atomic E-state index is -2.26. The van der Waals surface area contributed by atoms with Crippen LogP contribution < -0.4 is 0 Å². The van der Waals surface area contributed by atoms with Crippen LogP contribution in [0.2, 0.25) is 0 Å². The molecule has 0 aliphatic heterocycles. The van der Waals surface area contributed by atoms with Crippen molar-refractivity contribution < 1.29 is 8.85 Å². The Morgan fingerprint density at radius 3 is 3.25 bits per heavy atom. The molecule has 25 valence electrons. The first-order valence-electron chi connectivity index (χ1n) is 2.49. The van der Waals surface area contributed by atoms with Crippen LogP contribution in [0.3, 0.4) is 0 Å². The molecule has 0 atom stereocenters. The van der Waals surface area contributed by atoms with E-state index in [4.69, 9.17) is 4.11 Å². The summed E-state index contributed by atoms with van der Waals surface area (Å²) in [6, 6.07) is 0. The Bertz CT molecular complexity index is 48.6. The minimum absolute atomic E-state index is 0.00347. The lowest BCUT2D eigenvalue weighted by Gasteiger charge is -1.76. The van der Waals surface area contributed by atoms with Crippen LogP contribution in [-0.4, -0.2) is 13.6 Å². The average Bonchev–Trinajstić information content (AvgIpc) is 1.30. The fourth-order valence-electron chi connectivity index (χ4n) is 0. The van der Waals surface area contributed by atoms with Gasteiger partial charge in [-0.2, -0.15) is 0 Å². The summed E-state index contributed by atoms with van der Waals surface area (Å²) < 4.78 is 23.3. The second-order valence-corrected chi connectivity index (χ2v) is 0.348. The summed E-state index contributed by atoms with van der Waals surface area (Å²) in [4.78, 5) is 0. The van der Waals surface area contributed by atoms with Crippen molar-refractivity contribution >= 4 is 0 Å². The molecule has 0 unspecified atom stereocenters. The van der Waals surface area contributed by atoms with E-state index in [1.165, 1.54) is 0 Å². The molecule has 0 aromatic carbocycles. The fraction of sp³-hybridized carbons (Fsp3) is 0.667. The van der Waals surface area contributed by atoms with Crippen LogP contribution in [0.25, 0.3) is 0 Å². The van der Waals surface area contributed by atoms with Gasteiger partial charge in [0.15, 0.2) is 0 Å². The Morgan fingerprint density at radius 1 is 2.50 bits per heavy atom. The summed E-state index contributed by atoms with van der Waals surface area (Å²) >= 11 is 0. The normalized spacial score (nSPS) is 21.8. The highest BCUT2D eigenvalue weighted by atomic mass is 16.5. The molecule has 0 heterocycles. The number of hydrogen-bond donors (Lipinski definition) is 0. The Kier molecular flexibility index (Phi) is 0.723. The predicted octanol–water partition coefficient (Wildman–Crippen LogP) is 0.467. The molecule has 0 fully saturated rings. The lowest BCUT2D eigenvalue weighted by Crippen LogP contribution is -1.74. The van der Waals surface area contributed by atoms with E-state index in [-0.39, 0.29) is 6.61 Å². The molecule has 0 aliphatic carbocycles. The molecular weight excluding hydrogens is 52.0 g/mol. The monoisotopic (exact) mass is 62.1 g/mol. The average molecular weight is 62.1 g/mol. The largest absolute Gasteiger partial charge is 0.385 e. The molecular formula is C3H7O. The molecule has 0 aromatic heterocycles. The van der Waals surface area contributed by atoms with Crippen molar-refractivity contribution in [3.8, 4) is 0 Å². The number of methoxy groups -OCH3 is 1. The van der Waals surface area contributed by atoms with E-state index >= 15 is 0 Å². The SMILES string of the molecule is [2H]C([2H])([2H])OC[CH2]. The summed E-state index contributed by atoms with van der Waals surface area (Å²) in [6.45, 7) is 3.19. The summed E-state index contributed by atoms with van der Waals surface area (Å²) in [5.41, 5.74) is 0. The molecule has 0 amide bonds. The van der Waals surface area contributed by atoms with Crippen LogP contribution in [0.15, 0.2) is 0 Å². The van der Waals surface area contributed by atoms with Gasteiger partial charge in [-0.05, 0) is 6.92 Å². The van der Waals surface area contributed by atoms with Gasteiger partial charge in [-0.15, -0.1) is 0 Å². The first-order chi connectivity index (χ1) is 3.06. The van der Waals surface area contributed by atoms with Crippen LogP contribution in [0, 0.1) is 6.92 Å². The first-order valence-corrected chi connectivity index (χ1v) is 0.993. The maximum Gasteiger partial charge on any atom is 0.0530 e. The van der Waals surface area contributed by atoms with Gasteiger partial charge in [-0.3, -0.25) is 0 Å². The molecule has 1 radical (unpaired) electrons.